The highest BCUT2D eigenvalue weighted by Crippen LogP contribution is 2.65. The number of nitrogens with zero attached hydrogens (tertiary/aromatic N) is 1. The summed E-state index contributed by atoms with van der Waals surface area (Å²) in [6.45, 7) is 4.28. The Kier molecular flexibility index (Phi) is 2.85. The second-order valence-corrected chi connectivity index (χ2v) is 7.91. The molecule has 3 nitrogen and oxygen atoms in total. The van der Waals surface area contributed by atoms with Crippen LogP contribution in [0.3, 0.4) is 0 Å². The lowest BCUT2D eigenvalue weighted by Crippen LogP contribution is -2.65. The third-order valence-electron chi connectivity index (χ3n) is 6.96. The fourth-order valence-electron chi connectivity index (χ4n) is 6.39. The van der Waals surface area contributed by atoms with Gasteiger partial charge in [-0.3, -0.25) is 9.69 Å². The zero-order chi connectivity index (χ0) is 14.0. The Hall–Kier alpha value is -0.410. The van der Waals surface area contributed by atoms with Crippen molar-refractivity contribution in [2.75, 3.05) is 13.1 Å². The fraction of sp³-hybridized carbons (Fsp3) is 0.941. The number of carbonyl (C=O) groups excluding carboxylic acids is 1. The zero-order valence-corrected chi connectivity index (χ0v) is 12.6. The van der Waals surface area contributed by atoms with Gasteiger partial charge >= 0.3 is 0 Å². The monoisotopic (exact) mass is 277 g/mol. The van der Waals surface area contributed by atoms with Crippen LogP contribution in [-0.2, 0) is 4.79 Å². The van der Waals surface area contributed by atoms with Gasteiger partial charge in [-0.2, -0.15) is 0 Å². The van der Waals surface area contributed by atoms with E-state index in [1.807, 2.05) is 0 Å². The number of rotatable bonds is 0. The maximum Gasteiger partial charge on any atom is 0.137 e. The first kappa shape index (κ1) is 13.3. The van der Waals surface area contributed by atoms with Crippen LogP contribution in [0, 0.1) is 23.2 Å². The largest absolute Gasteiger partial charge is 0.375 e. The van der Waals surface area contributed by atoms with Crippen molar-refractivity contribution < 1.29 is 9.90 Å². The molecule has 4 aliphatic rings. The van der Waals surface area contributed by atoms with E-state index in [4.69, 9.17) is 0 Å². The van der Waals surface area contributed by atoms with E-state index in [9.17, 15) is 9.90 Å². The summed E-state index contributed by atoms with van der Waals surface area (Å²) in [6, 6.07) is 0. The summed E-state index contributed by atoms with van der Waals surface area (Å²) in [7, 11) is 0. The molecule has 6 atom stereocenters. The molecule has 20 heavy (non-hydrogen) atoms. The third-order valence-corrected chi connectivity index (χ3v) is 6.96. The summed E-state index contributed by atoms with van der Waals surface area (Å²) in [4.78, 5) is 15.0. The molecule has 1 N–H and O–H groups in total. The molecule has 4 fully saturated rings. The van der Waals surface area contributed by atoms with E-state index in [1.165, 1.54) is 12.8 Å². The van der Waals surface area contributed by atoms with Gasteiger partial charge in [-0.1, -0.05) is 13.3 Å². The molecule has 2 aliphatic heterocycles. The van der Waals surface area contributed by atoms with Crippen LogP contribution in [0.5, 0.6) is 0 Å². The summed E-state index contributed by atoms with van der Waals surface area (Å²) < 4.78 is 0. The van der Waals surface area contributed by atoms with E-state index in [0.29, 0.717) is 17.6 Å². The van der Waals surface area contributed by atoms with Gasteiger partial charge < -0.3 is 5.11 Å². The van der Waals surface area contributed by atoms with Crippen LogP contribution in [0.15, 0.2) is 0 Å². The topological polar surface area (TPSA) is 40.5 Å². The first-order chi connectivity index (χ1) is 9.58. The van der Waals surface area contributed by atoms with Crippen molar-refractivity contribution in [1.82, 2.24) is 4.90 Å². The van der Waals surface area contributed by atoms with Gasteiger partial charge in [0.25, 0.3) is 0 Å². The predicted octanol–water partition coefficient (Wildman–Crippen LogP) is 2.58. The average molecular weight is 277 g/mol. The van der Waals surface area contributed by atoms with E-state index in [1.54, 1.807) is 0 Å². The van der Waals surface area contributed by atoms with E-state index < -0.39 is 5.72 Å². The van der Waals surface area contributed by atoms with E-state index in [2.05, 4.69) is 11.8 Å². The van der Waals surface area contributed by atoms with Gasteiger partial charge in [0.2, 0.25) is 0 Å². The molecule has 0 radical (unpaired) electrons. The minimum Gasteiger partial charge on any atom is -0.375 e. The summed E-state index contributed by atoms with van der Waals surface area (Å²) in [5, 5.41) is 11.8. The molecule has 0 amide bonds. The van der Waals surface area contributed by atoms with Gasteiger partial charge in [-0.25, -0.2) is 0 Å². The number of carbonyl (C=O) groups is 1. The van der Waals surface area contributed by atoms with Crippen molar-refractivity contribution in [1.29, 1.82) is 0 Å². The lowest BCUT2D eigenvalue weighted by Gasteiger charge is -2.58. The minimum atomic E-state index is -0.695. The maximum absolute atomic E-state index is 12.6. The Bertz CT molecular complexity index is 437. The Balaban J connectivity index is 1.90. The van der Waals surface area contributed by atoms with Crippen molar-refractivity contribution in [3.05, 3.63) is 0 Å². The van der Waals surface area contributed by atoms with Crippen LogP contribution in [-0.4, -0.2) is 34.6 Å². The van der Waals surface area contributed by atoms with Gasteiger partial charge in [-0.15, -0.1) is 0 Å². The summed E-state index contributed by atoms with van der Waals surface area (Å²) in [5.41, 5.74) is -0.803. The number of Topliss-reactive ketones (excluding diaryl/α,β-unsaturated/α-hetero) is 1. The summed E-state index contributed by atoms with van der Waals surface area (Å²) >= 11 is 0. The third kappa shape index (κ3) is 1.46. The van der Waals surface area contributed by atoms with Crippen LogP contribution in [0.2, 0.25) is 0 Å². The Labute approximate surface area is 121 Å². The normalized spacial score (nSPS) is 55.0. The quantitative estimate of drug-likeness (QED) is 0.740. The maximum atomic E-state index is 12.6. The highest BCUT2D eigenvalue weighted by Gasteiger charge is 2.69. The molecule has 1 unspecified atom stereocenters. The van der Waals surface area contributed by atoms with E-state index in [-0.39, 0.29) is 11.3 Å². The highest BCUT2D eigenvalue weighted by atomic mass is 16.3. The predicted molar refractivity (Wildman–Crippen MR) is 77.0 cm³/mol. The molecule has 0 aromatic heterocycles. The second kappa shape index (κ2) is 4.30. The first-order valence-corrected chi connectivity index (χ1v) is 8.58. The lowest BCUT2D eigenvalue weighted by atomic mass is 9.55. The molecular weight excluding hydrogens is 250 g/mol. The van der Waals surface area contributed by atoms with E-state index >= 15 is 0 Å². The molecular formula is C17H27NO2. The highest BCUT2D eigenvalue weighted by molar-refractivity contribution is 5.85. The molecule has 112 valence electrons. The molecule has 2 saturated heterocycles. The van der Waals surface area contributed by atoms with Crippen LogP contribution in [0.1, 0.15) is 58.3 Å². The Morgan fingerprint density at radius 2 is 2.05 bits per heavy atom. The summed E-state index contributed by atoms with van der Waals surface area (Å²) in [6.07, 6.45) is 8.33. The molecule has 0 aromatic carbocycles. The van der Waals surface area contributed by atoms with Crippen molar-refractivity contribution in [3.63, 3.8) is 0 Å². The number of hydrogen-bond donors (Lipinski definition) is 1. The number of hydrogen-bond acceptors (Lipinski definition) is 3. The van der Waals surface area contributed by atoms with Gasteiger partial charge in [0.1, 0.15) is 11.5 Å². The van der Waals surface area contributed by atoms with Gasteiger partial charge in [0.05, 0.1) is 0 Å². The zero-order valence-electron chi connectivity index (χ0n) is 12.6. The molecule has 0 aromatic rings. The van der Waals surface area contributed by atoms with Crippen LogP contribution >= 0.6 is 0 Å². The summed E-state index contributed by atoms with van der Waals surface area (Å²) in [5.74, 6) is 1.59. The van der Waals surface area contributed by atoms with Crippen LogP contribution in [0.4, 0.5) is 0 Å². The molecule has 3 heteroatoms. The second-order valence-electron chi connectivity index (χ2n) is 7.91. The van der Waals surface area contributed by atoms with Crippen LogP contribution in [0.25, 0.3) is 0 Å². The van der Waals surface area contributed by atoms with Crippen molar-refractivity contribution in [2.24, 2.45) is 23.2 Å². The number of ketones is 1. The first-order valence-electron chi connectivity index (χ1n) is 8.58. The lowest BCUT2D eigenvalue weighted by molar-refractivity contribution is -0.241. The van der Waals surface area contributed by atoms with Crippen molar-refractivity contribution in [3.8, 4) is 0 Å². The van der Waals surface area contributed by atoms with Gasteiger partial charge in [0, 0.05) is 30.8 Å². The van der Waals surface area contributed by atoms with Crippen LogP contribution < -0.4 is 0 Å². The number of aliphatic hydroxyl groups is 1. The van der Waals surface area contributed by atoms with Gasteiger partial charge in [-0.05, 0) is 50.4 Å². The SMILES string of the molecule is C[C@@H]1C[C@H]2CC(=O)[C@H]3CCCN4CCCC[C@]23[C@@]4(O)C1. The van der Waals surface area contributed by atoms with Crippen molar-refractivity contribution in [2.45, 2.75) is 64.0 Å². The van der Waals surface area contributed by atoms with Crippen molar-refractivity contribution >= 4 is 5.78 Å². The van der Waals surface area contributed by atoms with Gasteiger partial charge in [0.15, 0.2) is 0 Å². The molecule has 2 heterocycles. The minimum absolute atomic E-state index is 0.108. The molecule has 2 aliphatic carbocycles. The molecule has 2 bridgehead atoms. The Morgan fingerprint density at radius 3 is 2.90 bits per heavy atom. The average Bonchev–Trinajstić information content (AvgIpc) is 2.52. The smallest absolute Gasteiger partial charge is 0.137 e. The molecule has 4 rings (SSSR count). The Morgan fingerprint density at radius 1 is 1.25 bits per heavy atom. The molecule has 1 spiro atoms. The standard InChI is InChI=1S/C17H27NO2/c1-12-9-13-10-15(19)14-5-4-8-18-7-3-2-6-16(13,14)17(18,20)11-12/h12-14,20H,2-11H2,1H3/t12-,13+,14-,16+,17+/m1/s1. The fourth-order valence-corrected chi connectivity index (χ4v) is 6.39. The van der Waals surface area contributed by atoms with E-state index in [0.717, 1.165) is 51.6 Å². The molecule has 2 saturated carbocycles.